The summed E-state index contributed by atoms with van der Waals surface area (Å²) in [5.41, 5.74) is 9.33. The number of nitrogens with two attached hydrogens (primary N) is 1. The summed E-state index contributed by atoms with van der Waals surface area (Å²) in [6.07, 6.45) is 6.37. The highest BCUT2D eigenvalue weighted by molar-refractivity contribution is 7.98. The molecule has 0 aliphatic heterocycles. The van der Waals surface area contributed by atoms with Gasteiger partial charge in [-0.15, -0.1) is 11.8 Å². The van der Waals surface area contributed by atoms with Gasteiger partial charge in [-0.25, -0.2) is 0 Å². The molecular formula is C21H23N2OS+. The minimum Gasteiger partial charge on any atom is -0.497 e. The lowest BCUT2D eigenvalue weighted by molar-refractivity contribution is -0.670. The highest BCUT2D eigenvalue weighted by Gasteiger charge is 2.13. The van der Waals surface area contributed by atoms with E-state index in [1.54, 1.807) is 18.9 Å². The first-order valence-corrected chi connectivity index (χ1v) is 9.50. The van der Waals surface area contributed by atoms with Crippen LogP contribution in [0.4, 0.5) is 0 Å². The molecule has 0 atom stereocenters. The molecule has 0 saturated heterocycles. The lowest BCUT2D eigenvalue weighted by Crippen LogP contribution is -2.41. The van der Waals surface area contributed by atoms with Crippen LogP contribution in [-0.2, 0) is 6.54 Å². The van der Waals surface area contributed by atoms with E-state index < -0.39 is 0 Å². The lowest BCUT2D eigenvalue weighted by Gasteiger charge is -2.06. The van der Waals surface area contributed by atoms with E-state index in [9.17, 15) is 0 Å². The van der Waals surface area contributed by atoms with Crippen molar-refractivity contribution in [2.75, 3.05) is 19.9 Å². The molecule has 0 spiro atoms. The molecule has 0 aliphatic carbocycles. The molecule has 0 bridgehead atoms. The maximum absolute atomic E-state index is 5.84. The molecule has 2 aromatic carbocycles. The Kier molecular flexibility index (Phi) is 5.74. The minimum atomic E-state index is 0.596. The number of nitrogens with zero attached hydrogens (tertiary/aromatic N) is 1. The molecule has 2 N–H and O–H groups in total. The molecule has 0 saturated carbocycles. The third-order valence-corrected chi connectivity index (χ3v) is 4.93. The van der Waals surface area contributed by atoms with E-state index in [1.807, 2.05) is 6.07 Å². The van der Waals surface area contributed by atoms with Crippen molar-refractivity contribution < 1.29 is 9.30 Å². The summed E-state index contributed by atoms with van der Waals surface area (Å²) in [4.78, 5) is 1.27. The van der Waals surface area contributed by atoms with Crippen molar-refractivity contribution in [3.05, 3.63) is 65.9 Å². The molecular weight excluding hydrogens is 328 g/mol. The number of thioether (sulfide) groups is 1. The number of rotatable bonds is 6. The van der Waals surface area contributed by atoms with Crippen LogP contribution in [0.2, 0.25) is 0 Å². The summed E-state index contributed by atoms with van der Waals surface area (Å²) in [6.45, 7) is 1.37. The Bertz CT molecular complexity index is 888. The van der Waals surface area contributed by atoms with Gasteiger partial charge in [0.25, 0.3) is 0 Å². The van der Waals surface area contributed by atoms with E-state index in [2.05, 4.69) is 71.5 Å². The largest absolute Gasteiger partial charge is 0.497 e. The van der Waals surface area contributed by atoms with Crippen molar-refractivity contribution in [1.82, 2.24) is 0 Å². The van der Waals surface area contributed by atoms with Crippen LogP contribution in [-0.4, -0.2) is 19.9 Å². The first-order valence-electron chi connectivity index (χ1n) is 8.28. The van der Waals surface area contributed by atoms with E-state index in [0.717, 1.165) is 28.9 Å². The molecule has 3 aromatic rings. The Morgan fingerprint density at radius 3 is 2.52 bits per heavy atom. The van der Waals surface area contributed by atoms with Crippen molar-refractivity contribution in [3.63, 3.8) is 0 Å². The normalized spacial score (nSPS) is 11.3. The maximum Gasteiger partial charge on any atom is 0.213 e. The molecule has 0 unspecified atom stereocenters. The van der Waals surface area contributed by atoms with Crippen LogP contribution >= 0.6 is 11.8 Å². The van der Waals surface area contributed by atoms with Crippen molar-refractivity contribution in [3.8, 4) is 5.75 Å². The quantitative estimate of drug-likeness (QED) is 0.539. The minimum absolute atomic E-state index is 0.596. The van der Waals surface area contributed by atoms with E-state index in [4.69, 9.17) is 10.5 Å². The number of ether oxygens (including phenoxy) is 1. The average molecular weight is 351 g/mol. The highest BCUT2D eigenvalue weighted by atomic mass is 32.2. The zero-order valence-electron chi connectivity index (χ0n) is 14.6. The number of pyridine rings is 1. The van der Waals surface area contributed by atoms with Gasteiger partial charge in [0.1, 0.15) is 5.75 Å². The fourth-order valence-corrected chi connectivity index (χ4v) is 3.27. The van der Waals surface area contributed by atoms with Crippen LogP contribution in [0.5, 0.6) is 5.75 Å². The SMILES string of the molecule is COc1ccc2c(ccc(/C=C/c3ccc(SC)cc3)[n+]2CCN)c1. The van der Waals surface area contributed by atoms with Crippen molar-refractivity contribution >= 4 is 34.8 Å². The topological polar surface area (TPSA) is 39.1 Å². The van der Waals surface area contributed by atoms with Gasteiger partial charge in [0, 0.05) is 23.1 Å². The van der Waals surface area contributed by atoms with Gasteiger partial charge in [0.2, 0.25) is 11.2 Å². The fourth-order valence-electron chi connectivity index (χ4n) is 2.86. The predicted molar refractivity (Wildman–Crippen MR) is 107 cm³/mol. The second kappa shape index (κ2) is 8.19. The fraction of sp³-hybridized carbons (Fsp3) is 0.190. The molecule has 4 heteroatoms. The molecule has 0 radical (unpaired) electrons. The first kappa shape index (κ1) is 17.5. The Labute approximate surface area is 153 Å². The average Bonchev–Trinajstić information content (AvgIpc) is 2.67. The highest BCUT2D eigenvalue weighted by Crippen LogP contribution is 2.20. The van der Waals surface area contributed by atoms with Crippen LogP contribution in [0, 0.1) is 0 Å². The number of aromatic nitrogens is 1. The summed E-state index contributed by atoms with van der Waals surface area (Å²) < 4.78 is 7.58. The molecule has 1 heterocycles. The van der Waals surface area contributed by atoms with Crippen LogP contribution in [0.1, 0.15) is 11.3 Å². The van der Waals surface area contributed by atoms with Gasteiger partial charge in [-0.3, -0.25) is 0 Å². The van der Waals surface area contributed by atoms with Crippen LogP contribution in [0.25, 0.3) is 23.1 Å². The second-order valence-electron chi connectivity index (χ2n) is 5.73. The summed E-state index contributed by atoms with van der Waals surface area (Å²) in [6, 6.07) is 19.0. The van der Waals surface area contributed by atoms with Crippen molar-refractivity contribution in [1.29, 1.82) is 0 Å². The van der Waals surface area contributed by atoms with E-state index >= 15 is 0 Å². The van der Waals surface area contributed by atoms with Gasteiger partial charge in [-0.2, -0.15) is 4.57 Å². The van der Waals surface area contributed by atoms with Gasteiger partial charge in [0.15, 0.2) is 6.54 Å². The van der Waals surface area contributed by atoms with E-state index in [-0.39, 0.29) is 0 Å². The number of hydrogen-bond donors (Lipinski definition) is 1. The smallest absolute Gasteiger partial charge is 0.213 e. The molecule has 128 valence electrons. The Morgan fingerprint density at radius 1 is 1.04 bits per heavy atom. The van der Waals surface area contributed by atoms with Gasteiger partial charge >= 0.3 is 0 Å². The number of fused-ring (bicyclic) bond motifs is 1. The zero-order valence-corrected chi connectivity index (χ0v) is 15.4. The molecule has 25 heavy (non-hydrogen) atoms. The third-order valence-electron chi connectivity index (χ3n) is 4.19. The summed E-state index contributed by atoms with van der Waals surface area (Å²) in [5.74, 6) is 0.865. The standard InChI is InChI=1S/C21H23N2OS/c1-24-19-9-12-21-17(15-19)6-8-18(23(21)14-13-22)7-3-16-4-10-20(25-2)11-5-16/h3-12,15H,13-14,22H2,1-2H3/q+1/b7-3+. The molecule has 3 nitrogen and oxygen atoms in total. The Morgan fingerprint density at radius 2 is 1.84 bits per heavy atom. The first-order chi connectivity index (χ1) is 12.2. The van der Waals surface area contributed by atoms with Gasteiger partial charge in [-0.05, 0) is 48.2 Å². The van der Waals surface area contributed by atoms with Gasteiger partial charge in [0.05, 0.1) is 19.0 Å². The summed E-state index contributed by atoms with van der Waals surface area (Å²) >= 11 is 1.75. The number of hydrogen-bond acceptors (Lipinski definition) is 3. The summed E-state index contributed by atoms with van der Waals surface area (Å²) in [7, 11) is 1.69. The van der Waals surface area contributed by atoms with Crippen LogP contribution < -0.4 is 15.0 Å². The molecule has 1 aromatic heterocycles. The maximum atomic E-state index is 5.84. The molecule has 3 rings (SSSR count). The predicted octanol–water partition coefficient (Wildman–Crippen LogP) is 3.99. The second-order valence-corrected chi connectivity index (χ2v) is 6.61. The van der Waals surface area contributed by atoms with Crippen molar-refractivity contribution in [2.24, 2.45) is 5.73 Å². The zero-order chi connectivity index (χ0) is 17.6. The number of methoxy groups -OCH3 is 1. The molecule has 0 amide bonds. The molecule has 0 aliphatic rings. The number of benzene rings is 2. The molecule has 0 fully saturated rings. The van der Waals surface area contributed by atoms with Crippen LogP contribution in [0.15, 0.2) is 59.5 Å². The monoisotopic (exact) mass is 351 g/mol. The van der Waals surface area contributed by atoms with Gasteiger partial charge < -0.3 is 10.5 Å². The van der Waals surface area contributed by atoms with Crippen molar-refractivity contribution in [2.45, 2.75) is 11.4 Å². The van der Waals surface area contributed by atoms with Gasteiger partial charge in [-0.1, -0.05) is 12.1 Å². The van der Waals surface area contributed by atoms with Crippen LogP contribution in [0.3, 0.4) is 0 Å². The van der Waals surface area contributed by atoms with E-state index in [1.165, 1.54) is 10.5 Å². The van der Waals surface area contributed by atoms with E-state index in [0.29, 0.717) is 6.54 Å². The Balaban J connectivity index is 1.99. The Hall–Kier alpha value is -2.30. The summed E-state index contributed by atoms with van der Waals surface area (Å²) in [5, 5.41) is 1.15. The lowest BCUT2D eigenvalue weighted by atomic mass is 10.1. The third kappa shape index (κ3) is 4.03.